The third kappa shape index (κ3) is 2.85. The Balaban J connectivity index is 2.33. The molecule has 1 rings (SSSR count). The molecule has 1 aliphatic heterocycles. The van der Waals surface area contributed by atoms with Crippen molar-refractivity contribution in [3.05, 3.63) is 12.7 Å². The Bertz CT molecular complexity index is 251. The highest BCUT2D eigenvalue weighted by atomic mass is 16.5. The lowest BCUT2D eigenvalue weighted by Crippen LogP contribution is -2.32. The molecule has 5 nitrogen and oxygen atoms in total. The number of β-amino-alcohol motifs (C(OH)–C–C–N with tert-alkyl or cyclic N) is 1. The highest BCUT2D eigenvalue weighted by Gasteiger charge is 2.29. The lowest BCUT2D eigenvalue weighted by Gasteiger charge is -2.13. The third-order valence-corrected chi connectivity index (χ3v) is 1.88. The first kappa shape index (κ1) is 10.7. The molecule has 0 bridgehead atoms. The Morgan fingerprint density at radius 3 is 3.00 bits per heavy atom. The number of carbonyl (C=O) groups excluding carboxylic acids is 2. The van der Waals surface area contributed by atoms with Gasteiger partial charge in [0, 0.05) is 6.54 Å². The number of rotatable bonds is 4. The molecule has 0 aliphatic carbocycles. The van der Waals surface area contributed by atoms with E-state index in [4.69, 9.17) is 9.84 Å². The molecule has 1 saturated heterocycles. The van der Waals surface area contributed by atoms with E-state index in [2.05, 4.69) is 6.58 Å². The van der Waals surface area contributed by atoms with Gasteiger partial charge in [0.2, 0.25) is 5.91 Å². The summed E-state index contributed by atoms with van der Waals surface area (Å²) < 4.78 is 4.70. The van der Waals surface area contributed by atoms with Gasteiger partial charge in [-0.25, -0.2) is 0 Å². The maximum atomic E-state index is 11.1. The van der Waals surface area contributed by atoms with Crippen molar-refractivity contribution in [2.45, 2.75) is 12.5 Å². The Hall–Kier alpha value is -1.36. The van der Waals surface area contributed by atoms with Gasteiger partial charge in [-0.3, -0.25) is 9.59 Å². The lowest BCUT2D eigenvalue weighted by atomic mass is 10.3. The van der Waals surface area contributed by atoms with Crippen LogP contribution in [0.15, 0.2) is 12.7 Å². The molecule has 0 radical (unpaired) electrons. The number of amides is 1. The van der Waals surface area contributed by atoms with Crippen molar-refractivity contribution in [3.8, 4) is 0 Å². The normalized spacial score (nSPS) is 21.1. The van der Waals surface area contributed by atoms with Crippen LogP contribution in [0, 0.1) is 0 Å². The number of esters is 1. The average Bonchev–Trinajstić information content (AvgIpc) is 2.42. The van der Waals surface area contributed by atoms with Crippen molar-refractivity contribution in [2.75, 3.05) is 19.7 Å². The first-order chi connectivity index (χ1) is 6.63. The fourth-order valence-corrected chi connectivity index (χ4v) is 1.26. The van der Waals surface area contributed by atoms with E-state index in [1.165, 1.54) is 11.0 Å². The highest BCUT2D eigenvalue weighted by molar-refractivity contribution is 5.84. The summed E-state index contributed by atoms with van der Waals surface area (Å²) in [6, 6.07) is 0. The maximum absolute atomic E-state index is 11.1. The van der Waals surface area contributed by atoms with Crippen LogP contribution in [0.2, 0.25) is 0 Å². The number of aliphatic hydroxyl groups is 1. The van der Waals surface area contributed by atoms with E-state index in [1.54, 1.807) is 0 Å². The predicted molar refractivity (Wildman–Crippen MR) is 48.4 cm³/mol. The summed E-state index contributed by atoms with van der Waals surface area (Å²) >= 11 is 0. The molecular weight excluding hydrogens is 186 g/mol. The van der Waals surface area contributed by atoms with Crippen molar-refractivity contribution < 1.29 is 19.4 Å². The van der Waals surface area contributed by atoms with Gasteiger partial charge in [0.05, 0.1) is 12.5 Å². The van der Waals surface area contributed by atoms with Gasteiger partial charge in [-0.2, -0.15) is 0 Å². The van der Waals surface area contributed by atoms with Crippen molar-refractivity contribution in [1.82, 2.24) is 4.90 Å². The summed E-state index contributed by atoms with van der Waals surface area (Å²) in [5.41, 5.74) is 0. The highest BCUT2D eigenvalue weighted by Crippen LogP contribution is 2.09. The fraction of sp³-hybridized carbons (Fsp3) is 0.556. The van der Waals surface area contributed by atoms with E-state index in [0.29, 0.717) is 0 Å². The third-order valence-electron chi connectivity index (χ3n) is 1.88. The van der Waals surface area contributed by atoms with Gasteiger partial charge >= 0.3 is 5.97 Å². The summed E-state index contributed by atoms with van der Waals surface area (Å²) in [7, 11) is 0. The molecule has 14 heavy (non-hydrogen) atoms. The number of likely N-dealkylation sites (tertiary alicyclic amines) is 1. The van der Waals surface area contributed by atoms with Crippen LogP contribution in [-0.2, 0) is 14.3 Å². The number of ether oxygens (including phenoxy) is 1. The summed E-state index contributed by atoms with van der Waals surface area (Å²) in [5.74, 6) is -0.694. The fourth-order valence-electron chi connectivity index (χ4n) is 1.26. The van der Waals surface area contributed by atoms with Gasteiger partial charge in [-0.05, 0) is 0 Å². The van der Waals surface area contributed by atoms with Crippen LogP contribution in [0.3, 0.4) is 0 Å². The molecule has 0 spiro atoms. The molecule has 0 aromatic rings. The van der Waals surface area contributed by atoms with Crippen LogP contribution >= 0.6 is 0 Å². The predicted octanol–water partition coefficient (Wildman–Crippen LogP) is -0.691. The van der Waals surface area contributed by atoms with Crippen LogP contribution in [0.4, 0.5) is 0 Å². The molecule has 0 aromatic carbocycles. The van der Waals surface area contributed by atoms with E-state index >= 15 is 0 Å². The molecule has 1 amide bonds. The van der Waals surface area contributed by atoms with Crippen LogP contribution in [0.1, 0.15) is 6.42 Å². The Labute approximate surface area is 82.0 Å². The average molecular weight is 199 g/mol. The van der Waals surface area contributed by atoms with Crippen molar-refractivity contribution in [3.63, 3.8) is 0 Å². The first-order valence-electron chi connectivity index (χ1n) is 4.36. The van der Waals surface area contributed by atoms with Crippen LogP contribution in [-0.4, -0.2) is 47.7 Å². The number of hydrogen-bond acceptors (Lipinski definition) is 4. The zero-order valence-corrected chi connectivity index (χ0v) is 7.81. The minimum Gasteiger partial charge on any atom is -0.460 e. The summed E-state index contributed by atoms with van der Waals surface area (Å²) in [4.78, 5) is 23.5. The topological polar surface area (TPSA) is 66.8 Å². The second kappa shape index (κ2) is 4.76. The van der Waals surface area contributed by atoms with Crippen molar-refractivity contribution in [1.29, 1.82) is 0 Å². The molecule has 1 aliphatic rings. The molecule has 1 unspecified atom stereocenters. The standard InChI is InChI=1S/C9H13NO4/c1-2-3-14-9(13)6-10-5-7(11)4-8(10)12/h2,7,11H,1,3-6H2. The van der Waals surface area contributed by atoms with E-state index in [9.17, 15) is 9.59 Å². The maximum Gasteiger partial charge on any atom is 0.325 e. The van der Waals surface area contributed by atoms with E-state index in [-0.39, 0.29) is 32.0 Å². The first-order valence-corrected chi connectivity index (χ1v) is 4.36. The smallest absolute Gasteiger partial charge is 0.325 e. The van der Waals surface area contributed by atoms with Crippen LogP contribution < -0.4 is 0 Å². The van der Waals surface area contributed by atoms with Gasteiger partial charge in [-0.15, -0.1) is 0 Å². The number of carbonyl (C=O) groups is 2. The molecule has 1 fully saturated rings. The molecule has 78 valence electrons. The molecule has 5 heteroatoms. The van der Waals surface area contributed by atoms with Crippen molar-refractivity contribution in [2.24, 2.45) is 0 Å². The van der Waals surface area contributed by atoms with Gasteiger partial charge in [0.25, 0.3) is 0 Å². The lowest BCUT2D eigenvalue weighted by molar-refractivity contribution is -0.147. The molecule has 1 N–H and O–H groups in total. The second-order valence-electron chi connectivity index (χ2n) is 3.10. The molecule has 1 atom stereocenters. The number of aliphatic hydroxyl groups excluding tert-OH is 1. The number of nitrogens with zero attached hydrogens (tertiary/aromatic N) is 1. The molecule has 1 heterocycles. The summed E-state index contributed by atoms with van der Waals surface area (Å²) in [5, 5.41) is 9.13. The quantitative estimate of drug-likeness (QED) is 0.480. The molecular formula is C9H13NO4. The zero-order chi connectivity index (χ0) is 10.6. The second-order valence-corrected chi connectivity index (χ2v) is 3.10. The largest absolute Gasteiger partial charge is 0.460 e. The van der Waals surface area contributed by atoms with Gasteiger partial charge in [-0.1, -0.05) is 12.7 Å². The Morgan fingerprint density at radius 2 is 2.50 bits per heavy atom. The van der Waals surface area contributed by atoms with Gasteiger partial charge in [0.1, 0.15) is 13.2 Å². The zero-order valence-electron chi connectivity index (χ0n) is 7.81. The molecule has 0 aromatic heterocycles. The SMILES string of the molecule is C=CCOC(=O)CN1CC(O)CC1=O. The van der Waals surface area contributed by atoms with Gasteiger partial charge in [0.15, 0.2) is 0 Å². The summed E-state index contributed by atoms with van der Waals surface area (Å²) in [6.07, 6.45) is 0.891. The minimum absolute atomic E-state index is 0.0920. The van der Waals surface area contributed by atoms with E-state index in [0.717, 1.165) is 0 Å². The van der Waals surface area contributed by atoms with Gasteiger partial charge < -0.3 is 14.7 Å². The molecule has 0 saturated carbocycles. The monoisotopic (exact) mass is 199 g/mol. The minimum atomic E-state index is -0.658. The Kier molecular flexibility index (Phi) is 3.64. The number of hydrogen-bond donors (Lipinski definition) is 1. The van der Waals surface area contributed by atoms with Crippen molar-refractivity contribution >= 4 is 11.9 Å². The van der Waals surface area contributed by atoms with Crippen LogP contribution in [0.5, 0.6) is 0 Å². The van der Waals surface area contributed by atoms with E-state index < -0.39 is 12.1 Å². The summed E-state index contributed by atoms with van der Waals surface area (Å²) in [6.45, 7) is 3.65. The van der Waals surface area contributed by atoms with Crippen LogP contribution in [0.25, 0.3) is 0 Å². The van der Waals surface area contributed by atoms with E-state index in [1.807, 2.05) is 0 Å². The Morgan fingerprint density at radius 1 is 1.79 bits per heavy atom.